The van der Waals surface area contributed by atoms with Crippen LogP contribution in [0.2, 0.25) is 19.1 Å². The summed E-state index contributed by atoms with van der Waals surface area (Å²) < 4.78 is 0. The molecule has 0 atom stereocenters. The van der Waals surface area contributed by atoms with Gasteiger partial charge in [-0.25, -0.2) is 0 Å². The van der Waals surface area contributed by atoms with Gasteiger partial charge in [-0.2, -0.15) is 0 Å². The van der Waals surface area contributed by atoms with E-state index in [0.29, 0.717) is 6.42 Å². The monoisotopic (exact) mass is 218 g/mol. The van der Waals surface area contributed by atoms with Gasteiger partial charge in [-0.1, -0.05) is 55.2 Å². The normalized spacial score (nSPS) is 11.1. The second-order valence-corrected chi connectivity index (χ2v) is 9.27. The minimum absolute atomic E-state index is 0.159. The van der Waals surface area contributed by atoms with Crippen molar-refractivity contribution in [2.75, 3.05) is 0 Å². The lowest BCUT2D eigenvalue weighted by Crippen LogP contribution is -2.41. The summed E-state index contributed by atoms with van der Waals surface area (Å²) in [4.78, 5) is 11.2. The molecule has 80 valence electrons. The molecule has 0 aliphatic heterocycles. The van der Waals surface area contributed by atoms with Crippen molar-refractivity contribution in [3.8, 4) is 0 Å². The van der Waals surface area contributed by atoms with Crippen LogP contribution in [0, 0.1) is 0 Å². The van der Waals surface area contributed by atoms with Crippen molar-refractivity contribution in [1.29, 1.82) is 0 Å². The third-order valence-corrected chi connectivity index (χ3v) is 6.18. The first-order valence-corrected chi connectivity index (χ1v) is 8.48. The molecule has 0 saturated carbocycles. The van der Waals surface area contributed by atoms with Crippen LogP contribution >= 0.6 is 0 Å². The van der Waals surface area contributed by atoms with Crippen molar-refractivity contribution in [2.45, 2.75) is 25.6 Å². The van der Waals surface area contributed by atoms with E-state index in [1.54, 1.807) is 0 Å². The predicted octanol–water partition coefficient (Wildman–Crippen LogP) is 2.75. The van der Waals surface area contributed by atoms with Crippen molar-refractivity contribution >= 4 is 19.0 Å². The summed E-state index contributed by atoms with van der Waals surface area (Å²) in [5, 5.41) is 1.42. The van der Waals surface area contributed by atoms with Crippen molar-refractivity contribution < 1.29 is 4.79 Å². The van der Waals surface area contributed by atoms with Crippen LogP contribution < -0.4 is 5.19 Å². The van der Waals surface area contributed by atoms with Crippen LogP contribution in [0.4, 0.5) is 0 Å². The number of benzene rings is 1. The molecule has 0 amide bonds. The maximum atomic E-state index is 11.2. The van der Waals surface area contributed by atoms with E-state index in [9.17, 15) is 4.79 Å². The van der Waals surface area contributed by atoms with Gasteiger partial charge in [0.15, 0.2) is 5.78 Å². The average Bonchev–Trinajstić information content (AvgIpc) is 2.27. The number of ketones is 1. The van der Waals surface area contributed by atoms with Crippen LogP contribution in [0.25, 0.3) is 0 Å². The Bertz CT molecular complexity index is 341. The molecule has 0 N–H and O–H groups in total. The lowest BCUT2D eigenvalue weighted by Gasteiger charge is -2.22. The van der Waals surface area contributed by atoms with Gasteiger partial charge in [0.2, 0.25) is 0 Å². The molecule has 1 nitrogen and oxygen atoms in total. The third kappa shape index (κ3) is 3.48. The van der Waals surface area contributed by atoms with Crippen LogP contribution in [0.1, 0.15) is 6.42 Å². The van der Waals surface area contributed by atoms with Crippen molar-refractivity contribution in [1.82, 2.24) is 0 Å². The van der Waals surface area contributed by atoms with Gasteiger partial charge in [0, 0.05) is 6.42 Å². The van der Waals surface area contributed by atoms with Crippen LogP contribution in [0.15, 0.2) is 43.0 Å². The lowest BCUT2D eigenvalue weighted by atomic mass is 10.3. The summed E-state index contributed by atoms with van der Waals surface area (Å²) in [5.74, 6) is 0.159. The number of hydrogen-bond acceptors (Lipinski definition) is 1. The zero-order valence-electron chi connectivity index (χ0n) is 9.49. The molecule has 0 radical (unpaired) electrons. The third-order valence-electron chi connectivity index (χ3n) is 2.78. The number of carbonyl (C=O) groups is 1. The highest BCUT2D eigenvalue weighted by molar-refractivity contribution is 6.89. The topological polar surface area (TPSA) is 17.1 Å². The first-order chi connectivity index (χ1) is 7.06. The first-order valence-electron chi connectivity index (χ1n) is 5.27. The van der Waals surface area contributed by atoms with Gasteiger partial charge in [-0.05, 0) is 12.1 Å². The highest BCUT2D eigenvalue weighted by atomic mass is 28.3. The second-order valence-electron chi connectivity index (χ2n) is 4.42. The van der Waals surface area contributed by atoms with Gasteiger partial charge in [0.05, 0.1) is 8.07 Å². The number of allylic oxidation sites excluding steroid dienone is 1. The van der Waals surface area contributed by atoms with E-state index in [0.717, 1.165) is 6.04 Å². The molecule has 0 fully saturated rings. The van der Waals surface area contributed by atoms with Crippen LogP contribution in [-0.4, -0.2) is 13.9 Å². The molecule has 0 bridgehead atoms. The second kappa shape index (κ2) is 5.08. The fourth-order valence-corrected chi connectivity index (χ4v) is 3.83. The van der Waals surface area contributed by atoms with Crippen molar-refractivity contribution in [3.05, 3.63) is 43.0 Å². The molecule has 0 aromatic heterocycles. The van der Waals surface area contributed by atoms with Gasteiger partial charge < -0.3 is 0 Å². The standard InChI is InChI=1S/C13H18OSi/c1-4-12(14)10-11-15(2,3)13-8-6-5-7-9-13/h4-9H,1,10-11H2,2-3H3. The smallest absolute Gasteiger partial charge is 0.154 e. The largest absolute Gasteiger partial charge is 0.295 e. The van der Waals surface area contributed by atoms with Crippen LogP contribution in [0.3, 0.4) is 0 Å². The molecule has 15 heavy (non-hydrogen) atoms. The van der Waals surface area contributed by atoms with E-state index in [1.807, 2.05) is 6.07 Å². The highest BCUT2D eigenvalue weighted by Gasteiger charge is 2.23. The molecule has 0 aliphatic carbocycles. The summed E-state index contributed by atoms with van der Waals surface area (Å²) in [6.07, 6.45) is 2.06. The van der Waals surface area contributed by atoms with E-state index >= 15 is 0 Å². The Kier molecular flexibility index (Phi) is 4.03. The van der Waals surface area contributed by atoms with Crippen LogP contribution in [-0.2, 0) is 4.79 Å². The molecule has 1 rings (SSSR count). The summed E-state index contributed by atoms with van der Waals surface area (Å²) in [6, 6.07) is 11.5. The van der Waals surface area contributed by atoms with Crippen molar-refractivity contribution in [3.63, 3.8) is 0 Å². The Morgan fingerprint density at radius 2 is 1.93 bits per heavy atom. The summed E-state index contributed by atoms with van der Waals surface area (Å²) in [6.45, 7) is 8.11. The Hall–Kier alpha value is -1.15. The van der Waals surface area contributed by atoms with E-state index in [2.05, 4.69) is 43.9 Å². The molecule has 1 aromatic carbocycles. The van der Waals surface area contributed by atoms with E-state index in [-0.39, 0.29) is 5.78 Å². The van der Waals surface area contributed by atoms with Crippen LogP contribution in [0.5, 0.6) is 0 Å². The molecule has 0 saturated heterocycles. The van der Waals surface area contributed by atoms with Gasteiger partial charge in [-0.3, -0.25) is 4.79 Å². The highest BCUT2D eigenvalue weighted by Crippen LogP contribution is 2.12. The number of rotatable bonds is 5. The first kappa shape index (κ1) is 11.9. The lowest BCUT2D eigenvalue weighted by molar-refractivity contribution is -0.114. The molecule has 0 unspecified atom stereocenters. The fraction of sp³-hybridized carbons (Fsp3) is 0.308. The Balaban J connectivity index is 2.67. The minimum atomic E-state index is -1.43. The summed E-state index contributed by atoms with van der Waals surface area (Å²) in [7, 11) is -1.43. The molecular formula is C13H18OSi. The molecule has 0 heterocycles. The SMILES string of the molecule is C=CC(=O)CC[Si](C)(C)c1ccccc1. The quantitative estimate of drug-likeness (QED) is 0.548. The average molecular weight is 218 g/mol. The maximum Gasteiger partial charge on any atom is 0.154 e. The number of hydrogen-bond donors (Lipinski definition) is 0. The van der Waals surface area contributed by atoms with Gasteiger partial charge in [-0.15, -0.1) is 0 Å². The van der Waals surface area contributed by atoms with E-state index in [4.69, 9.17) is 0 Å². The molecule has 0 spiro atoms. The molecule has 1 aromatic rings. The number of carbonyl (C=O) groups excluding carboxylic acids is 1. The Morgan fingerprint density at radius 1 is 1.33 bits per heavy atom. The molecule has 2 heteroatoms. The van der Waals surface area contributed by atoms with Crippen molar-refractivity contribution in [2.24, 2.45) is 0 Å². The summed E-state index contributed by atoms with van der Waals surface area (Å²) in [5.41, 5.74) is 0. The maximum absolute atomic E-state index is 11.2. The summed E-state index contributed by atoms with van der Waals surface area (Å²) >= 11 is 0. The Labute approximate surface area is 92.8 Å². The van der Waals surface area contributed by atoms with Gasteiger partial charge >= 0.3 is 0 Å². The van der Waals surface area contributed by atoms with Gasteiger partial charge in [0.25, 0.3) is 0 Å². The van der Waals surface area contributed by atoms with Gasteiger partial charge in [0.1, 0.15) is 0 Å². The molecular weight excluding hydrogens is 200 g/mol. The zero-order valence-corrected chi connectivity index (χ0v) is 10.5. The predicted molar refractivity (Wildman–Crippen MR) is 68.2 cm³/mol. The van der Waals surface area contributed by atoms with E-state index < -0.39 is 8.07 Å². The zero-order chi connectivity index (χ0) is 11.3. The van der Waals surface area contributed by atoms with E-state index in [1.165, 1.54) is 11.3 Å². The fourth-order valence-electron chi connectivity index (χ4n) is 1.57. The Morgan fingerprint density at radius 3 is 2.47 bits per heavy atom. The molecule has 0 aliphatic rings. The minimum Gasteiger partial charge on any atom is -0.295 e.